The van der Waals surface area contributed by atoms with Gasteiger partial charge in [0.05, 0.1) is 25.2 Å². The zero-order valence-corrected chi connectivity index (χ0v) is 19.3. The number of methoxy groups -OCH3 is 2. The van der Waals surface area contributed by atoms with Crippen molar-refractivity contribution >= 4 is 17.8 Å². The zero-order valence-electron chi connectivity index (χ0n) is 19.3. The van der Waals surface area contributed by atoms with Crippen LogP contribution in [0.5, 0.6) is 17.2 Å². The molecule has 0 heterocycles. The highest BCUT2D eigenvalue weighted by Crippen LogP contribution is 2.34. The highest BCUT2D eigenvalue weighted by molar-refractivity contribution is 6.07. The topological polar surface area (TPSA) is 71.1 Å². The summed E-state index contributed by atoms with van der Waals surface area (Å²) in [5.41, 5.74) is 1.52. The van der Waals surface area contributed by atoms with Gasteiger partial charge in [0.25, 0.3) is 0 Å². The first-order valence-corrected chi connectivity index (χ1v) is 10.2. The summed E-state index contributed by atoms with van der Waals surface area (Å²) in [4.78, 5) is 24.4. The summed E-state index contributed by atoms with van der Waals surface area (Å²) in [5, 5.41) is 0. The summed E-state index contributed by atoms with van der Waals surface area (Å²) in [7, 11) is 3.15. The first-order valence-electron chi connectivity index (χ1n) is 10.2. The Morgan fingerprint density at radius 3 is 2.25 bits per heavy atom. The van der Waals surface area contributed by atoms with Gasteiger partial charge in [-0.3, -0.25) is 9.59 Å². The van der Waals surface area contributed by atoms with Crippen molar-refractivity contribution in [2.24, 2.45) is 5.41 Å². The Balaban J connectivity index is 2.10. The minimum Gasteiger partial charge on any atom is -0.496 e. The van der Waals surface area contributed by atoms with Crippen molar-refractivity contribution in [3.63, 3.8) is 0 Å². The molecule has 6 nitrogen and oxygen atoms in total. The SMILES string of the molecule is C=CCc1ccc(OC)c(/C=C/C(=O)c2ccc(OCOC(=O)C(C)(C)C)cc2)c1OC. The number of esters is 1. The molecule has 2 rings (SSSR count). The second-order valence-electron chi connectivity index (χ2n) is 8.03. The molecule has 0 aliphatic heterocycles. The third-order valence-electron chi connectivity index (χ3n) is 4.59. The van der Waals surface area contributed by atoms with Crippen molar-refractivity contribution in [2.75, 3.05) is 21.0 Å². The number of hydrogen-bond donors (Lipinski definition) is 0. The van der Waals surface area contributed by atoms with E-state index in [1.807, 2.05) is 12.1 Å². The van der Waals surface area contributed by atoms with Crippen molar-refractivity contribution in [2.45, 2.75) is 27.2 Å². The Morgan fingerprint density at radius 2 is 1.69 bits per heavy atom. The second kappa shape index (κ2) is 11.2. The van der Waals surface area contributed by atoms with E-state index in [0.717, 1.165) is 5.56 Å². The fourth-order valence-corrected chi connectivity index (χ4v) is 2.86. The summed E-state index contributed by atoms with van der Waals surface area (Å²) in [5.74, 6) is 1.20. The maximum atomic E-state index is 12.7. The molecule has 0 saturated heterocycles. The lowest BCUT2D eigenvalue weighted by Gasteiger charge is -2.16. The molecule has 6 heteroatoms. The molecule has 170 valence electrons. The fraction of sp³-hybridized carbons (Fsp3) is 0.308. The van der Waals surface area contributed by atoms with Gasteiger partial charge in [0.15, 0.2) is 5.78 Å². The first kappa shape index (κ1) is 24.7. The van der Waals surface area contributed by atoms with E-state index >= 15 is 0 Å². The van der Waals surface area contributed by atoms with Crippen LogP contribution in [0.1, 0.15) is 42.3 Å². The van der Waals surface area contributed by atoms with Gasteiger partial charge in [0, 0.05) is 5.56 Å². The molecule has 0 aromatic heterocycles. The van der Waals surface area contributed by atoms with Gasteiger partial charge in [-0.1, -0.05) is 12.1 Å². The molecule has 2 aromatic carbocycles. The molecule has 0 amide bonds. The van der Waals surface area contributed by atoms with Gasteiger partial charge in [-0.05, 0) is 75.2 Å². The second-order valence-corrected chi connectivity index (χ2v) is 8.03. The molecule has 0 atom stereocenters. The number of ketones is 1. The smallest absolute Gasteiger partial charge is 0.314 e. The standard InChI is InChI=1S/C26H30O6/c1-7-8-19-11-16-23(29-5)21(24(19)30-6)14-15-22(27)18-9-12-20(13-10-18)31-17-32-25(28)26(2,3)4/h7,9-16H,1,8,17H2,2-6H3/b15-14+. The number of ether oxygens (including phenoxy) is 4. The molecule has 0 aliphatic rings. The molecular weight excluding hydrogens is 408 g/mol. The van der Waals surface area contributed by atoms with Crippen LogP contribution in [0.2, 0.25) is 0 Å². The van der Waals surface area contributed by atoms with E-state index in [1.165, 1.54) is 6.08 Å². The fourth-order valence-electron chi connectivity index (χ4n) is 2.86. The third-order valence-corrected chi connectivity index (χ3v) is 4.59. The van der Waals surface area contributed by atoms with E-state index in [0.29, 0.717) is 34.8 Å². The molecular formula is C26H30O6. The van der Waals surface area contributed by atoms with Gasteiger partial charge in [-0.25, -0.2) is 0 Å². The van der Waals surface area contributed by atoms with Crippen molar-refractivity contribution in [3.05, 3.63) is 71.8 Å². The van der Waals surface area contributed by atoms with Crippen molar-refractivity contribution in [1.29, 1.82) is 0 Å². The lowest BCUT2D eigenvalue weighted by molar-refractivity contribution is -0.159. The van der Waals surface area contributed by atoms with Gasteiger partial charge >= 0.3 is 5.97 Å². The van der Waals surface area contributed by atoms with Gasteiger partial charge < -0.3 is 18.9 Å². The van der Waals surface area contributed by atoms with Crippen molar-refractivity contribution in [1.82, 2.24) is 0 Å². The Kier molecular flexibility index (Phi) is 8.64. The largest absolute Gasteiger partial charge is 0.496 e. The lowest BCUT2D eigenvalue weighted by atomic mass is 9.98. The normalized spacial score (nSPS) is 11.2. The molecule has 32 heavy (non-hydrogen) atoms. The number of allylic oxidation sites excluding steroid dienone is 2. The molecule has 0 spiro atoms. The van der Waals surface area contributed by atoms with E-state index in [1.54, 1.807) is 71.4 Å². The number of rotatable bonds is 10. The monoisotopic (exact) mass is 438 g/mol. The quantitative estimate of drug-likeness (QED) is 0.166. The number of carbonyl (C=O) groups is 2. The summed E-state index contributed by atoms with van der Waals surface area (Å²) in [6, 6.07) is 10.3. The van der Waals surface area contributed by atoms with Crippen LogP contribution in [-0.2, 0) is 16.0 Å². The molecule has 0 N–H and O–H groups in total. The Morgan fingerprint density at radius 1 is 1.00 bits per heavy atom. The third kappa shape index (κ3) is 6.48. The van der Waals surface area contributed by atoms with Crippen molar-refractivity contribution in [3.8, 4) is 17.2 Å². The maximum absolute atomic E-state index is 12.7. The number of carbonyl (C=O) groups excluding carboxylic acids is 2. The van der Waals surface area contributed by atoms with E-state index in [2.05, 4.69) is 6.58 Å². The van der Waals surface area contributed by atoms with E-state index in [-0.39, 0.29) is 18.5 Å². The Labute approximate surface area is 189 Å². The van der Waals surface area contributed by atoms with Crippen LogP contribution in [0.4, 0.5) is 0 Å². The maximum Gasteiger partial charge on any atom is 0.314 e. The molecule has 2 aromatic rings. The summed E-state index contributed by atoms with van der Waals surface area (Å²) >= 11 is 0. The average molecular weight is 439 g/mol. The minimum absolute atomic E-state index is 0.186. The van der Waals surface area contributed by atoms with Crippen LogP contribution in [-0.4, -0.2) is 32.8 Å². The summed E-state index contributed by atoms with van der Waals surface area (Å²) in [6.45, 7) is 8.88. The van der Waals surface area contributed by atoms with Crippen LogP contribution in [0.25, 0.3) is 6.08 Å². The van der Waals surface area contributed by atoms with Crippen LogP contribution in [0.3, 0.4) is 0 Å². The number of benzene rings is 2. The molecule has 0 unspecified atom stereocenters. The minimum atomic E-state index is -0.595. The van der Waals surface area contributed by atoms with Gasteiger partial charge in [-0.2, -0.15) is 0 Å². The lowest BCUT2D eigenvalue weighted by Crippen LogP contribution is -2.24. The predicted octanol–water partition coefficient (Wildman–Crippen LogP) is 5.25. The van der Waals surface area contributed by atoms with Crippen LogP contribution in [0.15, 0.2) is 55.1 Å². The first-order chi connectivity index (χ1) is 15.2. The van der Waals surface area contributed by atoms with Crippen LogP contribution >= 0.6 is 0 Å². The highest BCUT2D eigenvalue weighted by Gasteiger charge is 2.23. The molecule has 0 aliphatic carbocycles. The Hall–Kier alpha value is -3.54. The van der Waals surface area contributed by atoms with Gasteiger partial charge in [-0.15, -0.1) is 6.58 Å². The molecule has 0 saturated carbocycles. The zero-order chi connectivity index (χ0) is 23.7. The highest BCUT2D eigenvalue weighted by atomic mass is 16.7. The van der Waals surface area contributed by atoms with Crippen molar-refractivity contribution < 1.29 is 28.5 Å². The summed E-state index contributed by atoms with van der Waals surface area (Å²) in [6.07, 6.45) is 5.58. The van der Waals surface area contributed by atoms with Gasteiger partial charge in [0.1, 0.15) is 17.2 Å². The van der Waals surface area contributed by atoms with Crippen LogP contribution < -0.4 is 14.2 Å². The molecule has 0 fully saturated rings. The van der Waals surface area contributed by atoms with E-state index < -0.39 is 5.41 Å². The Bertz CT molecular complexity index is 981. The number of hydrogen-bond acceptors (Lipinski definition) is 6. The predicted molar refractivity (Wildman–Crippen MR) is 124 cm³/mol. The average Bonchev–Trinajstić information content (AvgIpc) is 2.77. The molecule has 0 bridgehead atoms. The molecule has 0 radical (unpaired) electrons. The summed E-state index contributed by atoms with van der Waals surface area (Å²) < 4.78 is 21.5. The van der Waals surface area contributed by atoms with E-state index in [9.17, 15) is 9.59 Å². The van der Waals surface area contributed by atoms with E-state index in [4.69, 9.17) is 18.9 Å². The van der Waals surface area contributed by atoms with Gasteiger partial charge in [0.2, 0.25) is 6.79 Å². The van der Waals surface area contributed by atoms with Crippen LogP contribution in [0, 0.1) is 5.41 Å².